The number of aryl methyl sites for hydroxylation is 2. The first kappa shape index (κ1) is 65.4. The number of ether oxygens (including phenoxy) is 2. The number of nitriles is 1. The molecule has 80 heavy (non-hydrogen) atoms. The molecule has 0 radical (unpaired) electrons. The van der Waals surface area contributed by atoms with Crippen LogP contribution in [0.1, 0.15) is 146 Å². The molecule has 0 bridgehead atoms. The normalized spacial score (nSPS) is 13.4. The van der Waals surface area contributed by atoms with E-state index in [0.29, 0.717) is 11.1 Å². The lowest BCUT2D eigenvalue weighted by atomic mass is 9.99. The van der Waals surface area contributed by atoms with Crippen LogP contribution in [0.4, 0.5) is 28.4 Å². The number of nitrogens with zero attached hydrogens (tertiary/aromatic N) is 8. The van der Waals surface area contributed by atoms with Crippen molar-refractivity contribution in [3.63, 3.8) is 0 Å². The highest BCUT2D eigenvalue weighted by Crippen LogP contribution is 2.36. The minimum Gasteiger partial charge on any atom is -0.503 e. The third kappa shape index (κ3) is 17.7. The molecule has 0 aliphatic heterocycles. The maximum absolute atomic E-state index is 13.6. The predicted molar refractivity (Wildman–Crippen MR) is 302 cm³/mol. The van der Waals surface area contributed by atoms with E-state index in [-0.39, 0.29) is 119 Å². The highest BCUT2D eigenvalue weighted by Gasteiger charge is 2.25. The third-order valence-corrected chi connectivity index (χ3v) is 16.7. The molecule has 22 nitrogen and oxygen atoms in total. The monoisotopic (exact) mass is 1140 g/mol. The van der Waals surface area contributed by atoms with E-state index in [2.05, 4.69) is 48.6 Å². The summed E-state index contributed by atoms with van der Waals surface area (Å²) in [5.41, 5.74) is -0.0522. The second-order valence-corrected chi connectivity index (χ2v) is 23.5. The van der Waals surface area contributed by atoms with E-state index in [0.717, 1.165) is 55.9 Å². The number of hydrogen-bond acceptors (Lipinski definition) is 17. The van der Waals surface area contributed by atoms with Crippen LogP contribution in [-0.2, 0) is 52.2 Å². The number of carbonyl (C=O) groups is 2. The molecule has 0 aliphatic carbocycles. The first-order valence-corrected chi connectivity index (χ1v) is 30.0. The van der Waals surface area contributed by atoms with Crippen LogP contribution >= 0.6 is 0 Å². The number of carbonyl (C=O) groups excluding carboxylic acids is 2. The van der Waals surface area contributed by atoms with Crippen molar-refractivity contribution in [2.45, 2.75) is 181 Å². The Morgan fingerprint density at radius 1 is 0.700 bits per heavy atom. The van der Waals surface area contributed by atoms with Crippen molar-refractivity contribution in [2.75, 3.05) is 13.1 Å². The Bertz CT molecular complexity index is 3360. The molecule has 24 heteroatoms. The summed E-state index contributed by atoms with van der Waals surface area (Å²) in [4.78, 5) is 55.6. The topological polar surface area (TPSA) is 307 Å². The minimum absolute atomic E-state index is 0.0692. The van der Waals surface area contributed by atoms with Gasteiger partial charge in [-0.1, -0.05) is 66.2 Å². The Morgan fingerprint density at radius 3 is 1.70 bits per heavy atom. The summed E-state index contributed by atoms with van der Waals surface area (Å²) < 4.78 is 71.1. The molecule has 4 atom stereocenters. The van der Waals surface area contributed by atoms with E-state index in [1.165, 1.54) is 68.7 Å². The molecule has 0 amide bonds. The summed E-state index contributed by atoms with van der Waals surface area (Å²) in [5, 5.41) is 48.2. The van der Waals surface area contributed by atoms with Crippen molar-refractivity contribution in [1.82, 2.24) is 18.6 Å². The zero-order valence-electron chi connectivity index (χ0n) is 47.5. The molecule has 2 heterocycles. The zero-order valence-corrected chi connectivity index (χ0v) is 49.1. The van der Waals surface area contributed by atoms with Gasteiger partial charge in [0.1, 0.15) is 29.5 Å². The summed E-state index contributed by atoms with van der Waals surface area (Å²) in [6, 6.07) is 10.2. The zero-order chi connectivity index (χ0) is 59.5. The summed E-state index contributed by atoms with van der Waals surface area (Å²) >= 11 is 0. The summed E-state index contributed by atoms with van der Waals surface area (Å²) in [7, 11) is -8.19. The van der Waals surface area contributed by atoms with Crippen molar-refractivity contribution in [1.29, 1.82) is 5.26 Å². The summed E-state index contributed by atoms with van der Waals surface area (Å²) in [6.45, 7) is 24.9. The quantitative estimate of drug-likeness (QED) is 0.0158. The third-order valence-electron chi connectivity index (χ3n) is 13.7. The number of benzene rings is 2. The van der Waals surface area contributed by atoms with Gasteiger partial charge in [0, 0.05) is 44.6 Å². The van der Waals surface area contributed by atoms with Crippen LogP contribution in [0.15, 0.2) is 76.2 Å². The first-order chi connectivity index (χ1) is 37.9. The van der Waals surface area contributed by atoms with Crippen LogP contribution in [0.25, 0.3) is 4.85 Å². The van der Waals surface area contributed by atoms with E-state index >= 15 is 0 Å². The Balaban J connectivity index is 1.24. The molecular weight excluding hydrogens is 1070 g/mol. The lowest BCUT2D eigenvalue weighted by Crippen LogP contribution is -2.33. The Hall–Kier alpha value is -7.12. The molecule has 4 N–H and O–H groups in total. The molecule has 0 spiro atoms. The average molecular weight is 1150 g/mol. The number of esters is 2. The molecule has 2 aromatic carbocycles. The molecule has 434 valence electrons. The highest BCUT2D eigenvalue weighted by atomic mass is 32.2. The van der Waals surface area contributed by atoms with E-state index < -0.39 is 67.1 Å². The van der Waals surface area contributed by atoms with Crippen LogP contribution in [-0.4, -0.2) is 73.4 Å². The minimum atomic E-state index is -4.10. The van der Waals surface area contributed by atoms with Gasteiger partial charge in [-0.15, -0.1) is 10.2 Å². The Morgan fingerprint density at radius 2 is 1.21 bits per heavy atom. The lowest BCUT2D eigenvalue weighted by molar-refractivity contribution is -0.150. The SMILES string of the molecule is [C-]#[N+]c1c(C)c(N=Nc2ccc(S(=O)(=O)NCC(C)OC(=O)CCCCC(=O)OC(C)CNS(=O)(=O)c3ccc(N=Nc4c(C)c(C#N)c(O)n(CC(CC)CCCC)c4=O)cc3C)cc2C)c(=O)n(CC(CC)CCCC)c1O. The van der Waals surface area contributed by atoms with Crippen molar-refractivity contribution < 1.29 is 46.1 Å². The first-order valence-electron chi connectivity index (χ1n) is 27.0. The Labute approximate surface area is 469 Å². The second kappa shape index (κ2) is 30.5. The number of hydrogen-bond donors (Lipinski definition) is 4. The molecule has 0 fully saturated rings. The smallest absolute Gasteiger partial charge is 0.306 e. The van der Waals surface area contributed by atoms with Gasteiger partial charge in [-0.2, -0.15) is 15.5 Å². The molecular formula is C56H76N10O12S2. The number of aromatic hydroxyl groups is 2. The van der Waals surface area contributed by atoms with Crippen LogP contribution in [0.5, 0.6) is 11.8 Å². The highest BCUT2D eigenvalue weighted by molar-refractivity contribution is 7.89. The van der Waals surface area contributed by atoms with Gasteiger partial charge in [0.25, 0.3) is 11.1 Å². The number of aromatic nitrogens is 2. The van der Waals surface area contributed by atoms with Gasteiger partial charge in [0.05, 0.1) is 27.7 Å². The Kier molecular flexibility index (Phi) is 24.9. The van der Waals surface area contributed by atoms with Gasteiger partial charge >= 0.3 is 11.9 Å². The molecule has 0 saturated heterocycles. The number of unbranched alkanes of at least 4 members (excludes halogenated alkanes) is 3. The molecule has 2 aromatic heterocycles. The van der Waals surface area contributed by atoms with Crippen molar-refractivity contribution in [3.8, 4) is 17.8 Å². The van der Waals surface area contributed by atoms with Gasteiger partial charge in [-0.05, 0) is 132 Å². The second-order valence-electron chi connectivity index (χ2n) is 20.0. The summed E-state index contributed by atoms with van der Waals surface area (Å²) in [6.07, 6.45) is 5.72. The fourth-order valence-corrected chi connectivity index (χ4v) is 11.3. The van der Waals surface area contributed by atoms with Gasteiger partial charge in [0.15, 0.2) is 11.6 Å². The lowest BCUT2D eigenvalue weighted by Gasteiger charge is -2.19. The number of sulfonamides is 2. The number of nitrogens with one attached hydrogen (secondary N) is 2. The average Bonchev–Trinajstić information content (AvgIpc) is 3.47. The van der Waals surface area contributed by atoms with Crippen molar-refractivity contribution in [3.05, 3.63) is 96.3 Å². The van der Waals surface area contributed by atoms with E-state index in [4.69, 9.17) is 16.0 Å². The molecule has 0 saturated carbocycles. The van der Waals surface area contributed by atoms with Gasteiger partial charge < -0.3 is 19.7 Å². The standard InChI is InChI=1S/C56H76N10O12S2/c1-12-16-20-41(14-3)33-65-53(69)45(30-57)39(9)51(55(65)71)63-61-43-24-27-47(36(6)28-43)80(75,76)60-32-38(8)78-49(68)23-19-18-22-48(67)77-37(7)31-59-79(73,74)44-25-26-46(35(5)29-44)62-64-52-40(10)50(58-11)54(70)66(56(52)72)34-42(15-4)21-17-13-2/h24-29,37-38,41-42,59-60,69-70H,12-23,31-34H2,1-10H3. The van der Waals surface area contributed by atoms with Crippen LogP contribution in [0.3, 0.4) is 0 Å². The fraction of sp³-hybridized carbons (Fsp3) is 0.536. The van der Waals surface area contributed by atoms with E-state index in [9.17, 15) is 51.5 Å². The van der Waals surface area contributed by atoms with Crippen molar-refractivity contribution in [2.24, 2.45) is 32.3 Å². The number of rotatable bonds is 31. The van der Waals surface area contributed by atoms with Crippen LogP contribution in [0.2, 0.25) is 0 Å². The maximum Gasteiger partial charge on any atom is 0.306 e. The predicted octanol–water partition coefficient (Wildman–Crippen LogP) is 11.0. The fourth-order valence-electron chi connectivity index (χ4n) is 8.71. The maximum atomic E-state index is 13.6. The van der Waals surface area contributed by atoms with Crippen LogP contribution in [0, 0.1) is 57.4 Å². The number of pyridine rings is 2. The largest absolute Gasteiger partial charge is 0.503 e. The van der Waals surface area contributed by atoms with Crippen LogP contribution < -0.4 is 20.6 Å². The van der Waals surface area contributed by atoms with E-state index in [1.54, 1.807) is 13.8 Å². The molecule has 4 aromatic rings. The van der Waals surface area contributed by atoms with Gasteiger partial charge in [-0.3, -0.25) is 28.3 Å². The molecule has 4 rings (SSSR count). The molecule has 4 unspecified atom stereocenters. The molecule has 0 aliphatic rings. The van der Waals surface area contributed by atoms with Gasteiger partial charge in [-0.25, -0.2) is 31.1 Å². The number of azo groups is 2. The van der Waals surface area contributed by atoms with Gasteiger partial charge in [0.2, 0.25) is 31.6 Å². The van der Waals surface area contributed by atoms with E-state index in [1.807, 2.05) is 19.9 Å². The van der Waals surface area contributed by atoms with Crippen molar-refractivity contribution >= 4 is 60.4 Å². The summed E-state index contributed by atoms with van der Waals surface area (Å²) in [5.74, 6) is -1.87.